The first-order chi connectivity index (χ1) is 15.9. The smallest absolute Gasteiger partial charge is 0.331 e. The zero-order valence-corrected chi connectivity index (χ0v) is 18.2. The lowest BCUT2D eigenvalue weighted by Crippen LogP contribution is -2.32. The van der Waals surface area contributed by atoms with Crippen molar-refractivity contribution in [3.8, 4) is 5.88 Å². The number of allylic oxidation sites excluding steroid dienone is 1. The Balaban J connectivity index is 1.73. The molecule has 8 nitrogen and oxygen atoms in total. The van der Waals surface area contributed by atoms with Gasteiger partial charge in [-0.15, -0.1) is 0 Å². The minimum atomic E-state index is -0.687. The fraction of sp³-hybridized carbons (Fsp3) is 0.200. The largest absolute Gasteiger partial charge is 0.494 e. The van der Waals surface area contributed by atoms with Crippen molar-refractivity contribution in [3.63, 3.8) is 0 Å². The third-order valence-electron chi connectivity index (χ3n) is 5.48. The summed E-state index contributed by atoms with van der Waals surface area (Å²) in [5.41, 5.74) is 0.970. The average Bonchev–Trinajstić information content (AvgIpc) is 3.14. The molecular formula is C25H24N4O4. The van der Waals surface area contributed by atoms with Crippen LogP contribution in [-0.4, -0.2) is 27.1 Å². The number of nitrogens with one attached hydrogen (secondary N) is 2. The number of benzene rings is 2. The maximum atomic E-state index is 12.6. The second-order valence-corrected chi connectivity index (χ2v) is 7.75. The van der Waals surface area contributed by atoms with Gasteiger partial charge in [-0.1, -0.05) is 48.5 Å². The van der Waals surface area contributed by atoms with Crippen LogP contribution in [-0.2, 0) is 17.8 Å². The fourth-order valence-corrected chi connectivity index (χ4v) is 3.84. The third-order valence-corrected chi connectivity index (χ3v) is 5.48. The molecule has 33 heavy (non-hydrogen) atoms. The van der Waals surface area contributed by atoms with Crippen molar-refractivity contribution in [3.05, 3.63) is 103 Å². The number of aromatic hydroxyl groups is 1. The number of para-hydroxylation sites is 1. The Hall–Kier alpha value is -4.20. The van der Waals surface area contributed by atoms with Gasteiger partial charge in [0.2, 0.25) is 11.8 Å². The average molecular weight is 444 g/mol. The number of carbonyl (C=O) groups is 1. The van der Waals surface area contributed by atoms with Crippen LogP contribution in [0.5, 0.6) is 5.88 Å². The molecule has 1 amide bonds. The van der Waals surface area contributed by atoms with E-state index in [2.05, 4.69) is 15.3 Å². The highest BCUT2D eigenvalue weighted by Gasteiger charge is 2.17. The molecule has 0 radical (unpaired) electrons. The highest BCUT2D eigenvalue weighted by atomic mass is 16.3. The fourth-order valence-electron chi connectivity index (χ4n) is 3.84. The predicted octanol–water partition coefficient (Wildman–Crippen LogP) is 0.836. The van der Waals surface area contributed by atoms with Gasteiger partial charge in [0, 0.05) is 25.2 Å². The van der Waals surface area contributed by atoms with Gasteiger partial charge in [-0.3, -0.25) is 19.1 Å². The van der Waals surface area contributed by atoms with Gasteiger partial charge in [0.1, 0.15) is 5.56 Å². The molecule has 1 aliphatic heterocycles. The molecule has 0 fully saturated rings. The molecule has 1 aliphatic rings. The molecule has 0 saturated heterocycles. The first kappa shape index (κ1) is 22.0. The van der Waals surface area contributed by atoms with E-state index < -0.39 is 17.1 Å². The number of fused-ring (bicyclic) bond motifs is 1. The van der Waals surface area contributed by atoms with E-state index in [4.69, 9.17) is 0 Å². The van der Waals surface area contributed by atoms with Gasteiger partial charge in [-0.2, -0.15) is 0 Å². The summed E-state index contributed by atoms with van der Waals surface area (Å²) in [5.74, 6) is -0.538. The van der Waals surface area contributed by atoms with Crippen LogP contribution in [0.4, 0.5) is 0 Å². The van der Waals surface area contributed by atoms with Crippen molar-refractivity contribution in [2.45, 2.75) is 26.3 Å². The van der Waals surface area contributed by atoms with E-state index in [1.807, 2.05) is 54.6 Å². The topological polar surface area (TPSA) is 117 Å². The molecule has 3 aromatic rings. The molecule has 2 aromatic carbocycles. The van der Waals surface area contributed by atoms with Gasteiger partial charge < -0.3 is 10.4 Å². The number of aromatic nitrogens is 2. The van der Waals surface area contributed by atoms with Crippen molar-refractivity contribution < 1.29 is 9.90 Å². The maximum absolute atomic E-state index is 12.6. The Morgan fingerprint density at radius 3 is 2.58 bits per heavy atom. The third kappa shape index (κ3) is 4.85. The van der Waals surface area contributed by atoms with Crippen molar-refractivity contribution >= 4 is 17.6 Å². The summed E-state index contributed by atoms with van der Waals surface area (Å²) >= 11 is 0. The predicted molar refractivity (Wildman–Crippen MR) is 125 cm³/mol. The summed E-state index contributed by atoms with van der Waals surface area (Å²) in [6.45, 7) is 2.06. The van der Waals surface area contributed by atoms with E-state index in [1.165, 1.54) is 13.0 Å². The molecule has 0 bridgehead atoms. The molecule has 0 aliphatic carbocycles. The summed E-state index contributed by atoms with van der Waals surface area (Å²) in [4.78, 5) is 43.1. The number of hydrogen-bond acceptors (Lipinski definition) is 5. The van der Waals surface area contributed by atoms with E-state index >= 15 is 0 Å². The van der Waals surface area contributed by atoms with Crippen LogP contribution in [0.3, 0.4) is 0 Å². The maximum Gasteiger partial charge on any atom is 0.331 e. The van der Waals surface area contributed by atoms with Crippen LogP contribution >= 0.6 is 0 Å². The summed E-state index contributed by atoms with van der Waals surface area (Å²) in [6.07, 6.45) is 2.51. The molecule has 0 saturated carbocycles. The summed E-state index contributed by atoms with van der Waals surface area (Å²) in [7, 11) is 0. The lowest BCUT2D eigenvalue weighted by molar-refractivity contribution is -0.118. The minimum absolute atomic E-state index is 0.0359. The number of carbonyl (C=O) groups excluding carboxylic acids is 1. The normalized spacial score (nSPS) is 13.6. The van der Waals surface area contributed by atoms with Crippen molar-refractivity contribution in [2.24, 2.45) is 4.99 Å². The molecule has 168 valence electrons. The molecule has 4 rings (SSSR count). The number of nitrogens with zero attached hydrogens (tertiary/aromatic N) is 2. The second-order valence-electron chi connectivity index (χ2n) is 7.75. The monoisotopic (exact) mass is 444 g/mol. The first-order valence-electron chi connectivity index (χ1n) is 10.7. The molecule has 2 heterocycles. The van der Waals surface area contributed by atoms with Crippen LogP contribution in [0.25, 0.3) is 11.6 Å². The number of hydrogen-bond donors (Lipinski definition) is 3. The minimum Gasteiger partial charge on any atom is -0.494 e. The van der Waals surface area contributed by atoms with E-state index in [-0.39, 0.29) is 18.0 Å². The molecule has 0 atom stereocenters. The number of aromatic amines is 1. The second kappa shape index (κ2) is 9.52. The van der Waals surface area contributed by atoms with E-state index in [0.29, 0.717) is 25.1 Å². The van der Waals surface area contributed by atoms with Gasteiger partial charge in [0.25, 0.3) is 5.56 Å². The number of rotatable bonds is 7. The summed E-state index contributed by atoms with van der Waals surface area (Å²) in [6, 6.07) is 17.1. The van der Waals surface area contributed by atoms with Gasteiger partial charge in [0.15, 0.2) is 0 Å². The van der Waals surface area contributed by atoms with Crippen LogP contribution in [0, 0.1) is 0 Å². The quantitative estimate of drug-likeness (QED) is 0.501. The van der Waals surface area contributed by atoms with Crippen LogP contribution < -0.4 is 27.1 Å². The Morgan fingerprint density at radius 2 is 1.82 bits per heavy atom. The molecule has 1 aromatic heterocycles. The Bertz CT molecular complexity index is 1470. The number of amides is 1. The molecule has 3 N–H and O–H groups in total. The van der Waals surface area contributed by atoms with Gasteiger partial charge in [0.05, 0.1) is 11.1 Å². The summed E-state index contributed by atoms with van der Waals surface area (Å²) < 4.78 is 1.15. The lowest BCUT2D eigenvalue weighted by Gasteiger charge is -2.11. The van der Waals surface area contributed by atoms with Gasteiger partial charge in [-0.05, 0) is 36.1 Å². The molecule has 0 spiro atoms. The standard InChI is InChI=1S/C25H24N4O4/c1-16(30)26-13-11-19-18-9-5-6-10-21(18)27-22(19)15-20-23(31)28-25(33)29(24(20)32)14-12-17-7-3-2-4-8-17/h2-10,15,32H,11-14H2,1H3,(H,26,30)(H,28,31,33)/b22-15-. The Labute approximate surface area is 189 Å². The Kier molecular flexibility index (Phi) is 6.35. The van der Waals surface area contributed by atoms with Gasteiger partial charge in [-0.25, -0.2) is 9.79 Å². The number of H-pyrrole nitrogens is 1. The lowest BCUT2D eigenvalue weighted by atomic mass is 10.1. The zero-order chi connectivity index (χ0) is 23.4. The van der Waals surface area contributed by atoms with E-state index in [1.54, 1.807) is 0 Å². The van der Waals surface area contributed by atoms with Crippen molar-refractivity contribution in [1.82, 2.24) is 14.9 Å². The Morgan fingerprint density at radius 1 is 1.09 bits per heavy atom. The van der Waals surface area contributed by atoms with E-state index in [0.717, 1.165) is 26.3 Å². The highest BCUT2D eigenvalue weighted by molar-refractivity contribution is 5.77. The van der Waals surface area contributed by atoms with Crippen LogP contribution in [0.1, 0.15) is 24.5 Å². The first-order valence-corrected chi connectivity index (χ1v) is 10.7. The molecule has 8 heteroatoms. The van der Waals surface area contributed by atoms with Crippen LogP contribution in [0.2, 0.25) is 0 Å². The van der Waals surface area contributed by atoms with E-state index in [9.17, 15) is 19.5 Å². The zero-order valence-electron chi connectivity index (χ0n) is 18.2. The molecule has 0 unspecified atom stereocenters. The molecular weight excluding hydrogens is 420 g/mol. The summed E-state index contributed by atoms with van der Waals surface area (Å²) in [5, 5.41) is 15.2. The van der Waals surface area contributed by atoms with Crippen LogP contribution in [0.15, 0.2) is 74.9 Å². The van der Waals surface area contributed by atoms with Crippen molar-refractivity contribution in [1.29, 1.82) is 0 Å². The SMILES string of the molecule is CC(=O)NCCC1=c2ccccc2=N/C1=C\c1c(O)n(CCc2ccccc2)c(=O)[nH]c1=O. The highest BCUT2D eigenvalue weighted by Crippen LogP contribution is 2.23. The van der Waals surface area contributed by atoms with Gasteiger partial charge >= 0.3 is 5.69 Å². The number of aryl methyl sites for hydroxylation is 1. The van der Waals surface area contributed by atoms with Crippen molar-refractivity contribution in [2.75, 3.05) is 6.54 Å².